The SMILES string of the molecule is C=C1CC(N)CN1c1ccc(SN2CCN(c3cc(C(F)(F)C4CCCCC4)cc(Cl)n3)CC2)cc1. The van der Waals surface area contributed by atoms with Crippen molar-refractivity contribution in [2.45, 2.75) is 55.4 Å². The number of alkyl halides is 2. The molecule has 194 valence electrons. The molecule has 1 aliphatic carbocycles. The number of nitrogens with zero attached hydrogens (tertiary/aromatic N) is 4. The fourth-order valence-electron chi connectivity index (χ4n) is 5.51. The van der Waals surface area contributed by atoms with E-state index in [4.69, 9.17) is 17.3 Å². The minimum atomic E-state index is -2.88. The highest BCUT2D eigenvalue weighted by atomic mass is 35.5. The molecular weight excluding hydrogens is 500 g/mol. The number of nitrogens with two attached hydrogens (primary N) is 1. The van der Waals surface area contributed by atoms with Gasteiger partial charge in [0.15, 0.2) is 0 Å². The third kappa shape index (κ3) is 5.67. The number of anilines is 2. The number of halogens is 3. The number of hydrogen-bond acceptors (Lipinski definition) is 6. The van der Waals surface area contributed by atoms with E-state index in [1.807, 2.05) is 0 Å². The molecule has 1 saturated carbocycles. The molecule has 1 atom stereocenters. The van der Waals surface area contributed by atoms with Gasteiger partial charge in [0.25, 0.3) is 5.92 Å². The Kier molecular flexibility index (Phi) is 7.77. The van der Waals surface area contributed by atoms with E-state index in [-0.39, 0.29) is 16.8 Å². The molecule has 3 aliphatic rings. The first kappa shape index (κ1) is 25.8. The zero-order valence-electron chi connectivity index (χ0n) is 20.5. The maximum atomic E-state index is 15.3. The fourth-order valence-corrected chi connectivity index (χ4v) is 6.62. The number of rotatable bonds is 6. The zero-order chi connectivity index (χ0) is 25.3. The topological polar surface area (TPSA) is 48.6 Å². The molecule has 2 aromatic rings. The average Bonchev–Trinajstić information content (AvgIpc) is 3.22. The van der Waals surface area contributed by atoms with Crippen molar-refractivity contribution in [3.05, 3.63) is 59.4 Å². The van der Waals surface area contributed by atoms with Crippen molar-refractivity contribution in [1.29, 1.82) is 0 Å². The van der Waals surface area contributed by atoms with Gasteiger partial charge in [0.05, 0.1) is 0 Å². The maximum absolute atomic E-state index is 15.3. The van der Waals surface area contributed by atoms with Crippen molar-refractivity contribution in [3.8, 4) is 0 Å². The van der Waals surface area contributed by atoms with E-state index < -0.39 is 11.8 Å². The Bertz CT molecular complexity index is 1070. The van der Waals surface area contributed by atoms with Crippen molar-refractivity contribution in [2.24, 2.45) is 11.7 Å². The number of benzene rings is 1. The van der Waals surface area contributed by atoms with E-state index in [2.05, 4.69) is 49.9 Å². The second kappa shape index (κ2) is 10.9. The summed E-state index contributed by atoms with van der Waals surface area (Å²) in [6.07, 6.45) is 4.76. The van der Waals surface area contributed by atoms with Gasteiger partial charge in [-0.25, -0.2) is 18.1 Å². The molecule has 5 nitrogen and oxygen atoms in total. The summed E-state index contributed by atoms with van der Waals surface area (Å²) >= 11 is 7.94. The molecule has 3 fully saturated rings. The summed E-state index contributed by atoms with van der Waals surface area (Å²) in [7, 11) is 0. The standard InChI is InChI=1S/C27H34ClF2N5S/c1-19-15-22(31)18-35(19)23-7-9-24(10-8-23)36-34-13-11-33(12-14-34)26-17-21(16-25(28)32-26)27(29,30)20-5-3-2-4-6-20/h7-10,16-17,20,22H,1-6,11-15,18,31H2. The van der Waals surface area contributed by atoms with Gasteiger partial charge in [-0.1, -0.05) is 37.4 Å². The first-order valence-corrected chi connectivity index (χ1v) is 14.0. The highest BCUT2D eigenvalue weighted by molar-refractivity contribution is 7.97. The first-order valence-electron chi connectivity index (χ1n) is 12.8. The lowest BCUT2D eigenvalue weighted by atomic mass is 9.82. The first-order chi connectivity index (χ1) is 17.3. The molecule has 0 amide bonds. The molecule has 1 unspecified atom stereocenters. The van der Waals surface area contributed by atoms with Crippen LogP contribution in [0.1, 0.15) is 44.1 Å². The van der Waals surface area contributed by atoms with Gasteiger partial charge < -0.3 is 15.5 Å². The predicted octanol–water partition coefficient (Wildman–Crippen LogP) is 6.29. The van der Waals surface area contributed by atoms with Crippen LogP contribution in [0.4, 0.5) is 20.3 Å². The number of hydrogen-bond donors (Lipinski definition) is 1. The second-order valence-electron chi connectivity index (χ2n) is 10.1. The third-order valence-electron chi connectivity index (χ3n) is 7.53. The largest absolute Gasteiger partial charge is 0.354 e. The van der Waals surface area contributed by atoms with Crippen LogP contribution in [-0.4, -0.2) is 48.1 Å². The van der Waals surface area contributed by atoms with Gasteiger partial charge in [-0.05, 0) is 61.2 Å². The lowest BCUT2D eigenvalue weighted by Gasteiger charge is -2.35. The summed E-state index contributed by atoms with van der Waals surface area (Å²) in [4.78, 5) is 9.81. The van der Waals surface area contributed by atoms with Crippen molar-refractivity contribution in [1.82, 2.24) is 9.29 Å². The van der Waals surface area contributed by atoms with Crippen LogP contribution in [0.25, 0.3) is 0 Å². The van der Waals surface area contributed by atoms with E-state index in [0.29, 0.717) is 31.7 Å². The van der Waals surface area contributed by atoms with Gasteiger partial charge in [-0.3, -0.25) is 0 Å². The summed E-state index contributed by atoms with van der Waals surface area (Å²) in [5, 5.41) is 0.136. The van der Waals surface area contributed by atoms with Crippen molar-refractivity contribution in [3.63, 3.8) is 0 Å². The Morgan fingerprint density at radius 3 is 2.36 bits per heavy atom. The summed E-state index contributed by atoms with van der Waals surface area (Å²) in [6, 6.07) is 11.5. The molecule has 3 heterocycles. The van der Waals surface area contributed by atoms with E-state index in [1.54, 1.807) is 18.0 Å². The van der Waals surface area contributed by atoms with Gasteiger partial charge in [-0.15, -0.1) is 0 Å². The van der Waals surface area contributed by atoms with Crippen LogP contribution in [-0.2, 0) is 5.92 Å². The lowest BCUT2D eigenvalue weighted by molar-refractivity contribution is -0.0777. The Balaban J connectivity index is 1.19. The number of piperazine rings is 1. The van der Waals surface area contributed by atoms with E-state index in [1.165, 1.54) is 6.07 Å². The molecule has 36 heavy (non-hydrogen) atoms. The van der Waals surface area contributed by atoms with Gasteiger partial charge in [-0.2, -0.15) is 0 Å². The molecule has 1 aromatic carbocycles. The average molecular weight is 534 g/mol. The number of aromatic nitrogens is 1. The number of pyridine rings is 1. The van der Waals surface area contributed by atoms with Crippen LogP contribution in [0.5, 0.6) is 0 Å². The second-order valence-corrected chi connectivity index (χ2v) is 11.7. The Morgan fingerprint density at radius 2 is 1.72 bits per heavy atom. The van der Waals surface area contributed by atoms with Crippen LogP contribution in [0.3, 0.4) is 0 Å². The van der Waals surface area contributed by atoms with Crippen molar-refractivity contribution < 1.29 is 8.78 Å². The van der Waals surface area contributed by atoms with E-state index >= 15 is 8.78 Å². The molecule has 0 radical (unpaired) electrons. The quantitative estimate of drug-likeness (QED) is 0.348. The molecule has 2 N–H and O–H groups in total. The molecule has 5 rings (SSSR count). The molecule has 0 bridgehead atoms. The van der Waals surface area contributed by atoms with Gasteiger partial charge in [0.1, 0.15) is 11.0 Å². The molecular formula is C27H34ClF2N5S. The Hall–Kier alpha value is -1.87. The highest BCUT2D eigenvalue weighted by Crippen LogP contribution is 2.45. The zero-order valence-corrected chi connectivity index (χ0v) is 22.1. The Morgan fingerprint density at radius 1 is 1.03 bits per heavy atom. The van der Waals surface area contributed by atoms with E-state index in [0.717, 1.165) is 61.6 Å². The van der Waals surface area contributed by atoms with Crippen LogP contribution in [0.2, 0.25) is 5.15 Å². The normalized spacial score (nSPS) is 22.4. The van der Waals surface area contributed by atoms with Gasteiger partial charge in [0, 0.05) is 72.9 Å². The molecule has 2 aliphatic heterocycles. The fraction of sp³-hybridized carbons (Fsp3) is 0.519. The van der Waals surface area contributed by atoms with Crippen molar-refractivity contribution in [2.75, 3.05) is 42.5 Å². The summed E-state index contributed by atoms with van der Waals surface area (Å²) in [5.41, 5.74) is 8.25. The van der Waals surface area contributed by atoms with Crippen LogP contribution in [0.15, 0.2) is 53.6 Å². The van der Waals surface area contributed by atoms with Crippen LogP contribution in [0, 0.1) is 5.92 Å². The summed E-state index contributed by atoms with van der Waals surface area (Å²) in [6.45, 7) is 7.95. The van der Waals surface area contributed by atoms with Crippen LogP contribution < -0.4 is 15.5 Å². The highest BCUT2D eigenvalue weighted by Gasteiger charge is 2.42. The molecule has 0 spiro atoms. The predicted molar refractivity (Wildman–Crippen MR) is 145 cm³/mol. The van der Waals surface area contributed by atoms with E-state index in [9.17, 15) is 0 Å². The van der Waals surface area contributed by atoms with Gasteiger partial charge >= 0.3 is 0 Å². The monoisotopic (exact) mass is 533 g/mol. The summed E-state index contributed by atoms with van der Waals surface area (Å²) < 4.78 is 32.9. The third-order valence-corrected chi connectivity index (χ3v) is 8.83. The van der Waals surface area contributed by atoms with Gasteiger partial charge in [0.2, 0.25) is 0 Å². The summed E-state index contributed by atoms with van der Waals surface area (Å²) in [5.74, 6) is -2.94. The Labute approximate surface area is 221 Å². The molecule has 9 heteroatoms. The maximum Gasteiger partial charge on any atom is 0.276 e. The minimum Gasteiger partial charge on any atom is -0.354 e. The van der Waals surface area contributed by atoms with Crippen molar-refractivity contribution >= 4 is 35.1 Å². The smallest absolute Gasteiger partial charge is 0.276 e. The minimum absolute atomic E-state index is 0.00272. The lowest BCUT2D eigenvalue weighted by Crippen LogP contribution is -2.44. The molecule has 1 aromatic heterocycles. The van der Waals surface area contributed by atoms with Crippen LogP contribution >= 0.6 is 23.5 Å². The molecule has 2 saturated heterocycles.